The van der Waals surface area contributed by atoms with E-state index in [1.165, 1.54) is 0 Å². The lowest BCUT2D eigenvalue weighted by Gasteiger charge is -2.23. The Balaban J connectivity index is 2.68. The normalized spacial score (nSPS) is 17.8. The second-order valence-electron chi connectivity index (χ2n) is 5.57. The zero-order chi connectivity index (χ0) is 12.8. The Morgan fingerprint density at radius 1 is 1.29 bits per heavy atom. The monoisotopic (exact) mass is 240 g/mol. The average molecular weight is 240 g/mol. The van der Waals surface area contributed by atoms with Gasteiger partial charge in [0.15, 0.2) is 6.61 Å². The fourth-order valence-corrected chi connectivity index (χ4v) is 2.29. The highest BCUT2D eigenvalue weighted by molar-refractivity contribution is 5.53. The molecule has 0 bridgehead atoms. The Kier molecular flexibility index (Phi) is 2.68. The summed E-state index contributed by atoms with van der Waals surface area (Å²) < 4.78 is 32.9. The minimum Gasteiger partial charge on any atom is -0.486 e. The summed E-state index contributed by atoms with van der Waals surface area (Å²) in [5.74, 6) is -2.44. The first-order valence-corrected chi connectivity index (χ1v) is 5.95. The fourth-order valence-electron chi connectivity index (χ4n) is 2.29. The standard InChI is InChI=1S/C14H18F2O/c1-5-9-6-7-10(13(2,3)4)12-11(9)14(15,16)8-17-12/h6-7H,5,8H2,1-4H3. The van der Waals surface area contributed by atoms with Crippen LogP contribution in [0, 0.1) is 0 Å². The van der Waals surface area contributed by atoms with Crippen molar-refractivity contribution in [3.05, 3.63) is 28.8 Å². The topological polar surface area (TPSA) is 9.23 Å². The number of aryl methyl sites for hydroxylation is 1. The van der Waals surface area contributed by atoms with Crippen LogP contribution in [0.4, 0.5) is 8.78 Å². The van der Waals surface area contributed by atoms with E-state index in [1.54, 1.807) is 0 Å². The third-order valence-electron chi connectivity index (χ3n) is 3.20. The maximum absolute atomic E-state index is 13.8. The molecular weight excluding hydrogens is 222 g/mol. The van der Waals surface area contributed by atoms with Crippen molar-refractivity contribution in [2.24, 2.45) is 0 Å². The van der Waals surface area contributed by atoms with Gasteiger partial charge < -0.3 is 4.74 Å². The highest BCUT2D eigenvalue weighted by Gasteiger charge is 2.45. The molecule has 0 amide bonds. The Bertz CT molecular complexity index is 444. The van der Waals surface area contributed by atoms with Gasteiger partial charge in [-0.25, -0.2) is 0 Å². The number of halogens is 2. The van der Waals surface area contributed by atoms with E-state index in [2.05, 4.69) is 0 Å². The average Bonchev–Trinajstić information content (AvgIpc) is 2.53. The van der Waals surface area contributed by atoms with Gasteiger partial charge in [0.05, 0.1) is 5.56 Å². The molecule has 0 atom stereocenters. The summed E-state index contributed by atoms with van der Waals surface area (Å²) in [5, 5.41) is 0. The SMILES string of the molecule is CCc1ccc(C(C)(C)C)c2c1C(F)(F)CO2. The van der Waals surface area contributed by atoms with Crippen LogP contribution >= 0.6 is 0 Å². The van der Waals surface area contributed by atoms with E-state index >= 15 is 0 Å². The molecule has 17 heavy (non-hydrogen) atoms. The summed E-state index contributed by atoms with van der Waals surface area (Å²) in [6.45, 7) is 7.39. The molecule has 1 nitrogen and oxygen atoms in total. The van der Waals surface area contributed by atoms with Crippen molar-refractivity contribution >= 4 is 0 Å². The van der Waals surface area contributed by atoms with Gasteiger partial charge in [-0.05, 0) is 17.4 Å². The fraction of sp³-hybridized carbons (Fsp3) is 0.571. The van der Waals surface area contributed by atoms with Gasteiger partial charge in [-0.2, -0.15) is 8.78 Å². The van der Waals surface area contributed by atoms with Crippen LogP contribution in [0.15, 0.2) is 12.1 Å². The van der Waals surface area contributed by atoms with Crippen LogP contribution in [0.1, 0.15) is 44.4 Å². The van der Waals surface area contributed by atoms with Crippen LogP contribution in [0.25, 0.3) is 0 Å². The first-order valence-electron chi connectivity index (χ1n) is 5.95. The molecule has 0 aromatic heterocycles. The number of hydrogen-bond acceptors (Lipinski definition) is 1. The Labute approximate surface area is 101 Å². The lowest BCUT2D eigenvalue weighted by Crippen LogP contribution is -2.16. The van der Waals surface area contributed by atoms with Crippen molar-refractivity contribution in [3.63, 3.8) is 0 Å². The summed E-state index contributed by atoms with van der Waals surface area (Å²) in [7, 11) is 0. The molecular formula is C14H18F2O. The molecule has 0 radical (unpaired) electrons. The van der Waals surface area contributed by atoms with Crippen LogP contribution in [0.5, 0.6) is 5.75 Å². The summed E-state index contributed by atoms with van der Waals surface area (Å²) in [4.78, 5) is 0. The van der Waals surface area contributed by atoms with Gasteiger partial charge in [0.1, 0.15) is 5.75 Å². The molecule has 3 heteroatoms. The molecule has 0 saturated heterocycles. The minimum absolute atomic E-state index is 0.104. The van der Waals surface area contributed by atoms with Crippen molar-refractivity contribution in [2.75, 3.05) is 6.61 Å². The second kappa shape index (κ2) is 3.69. The molecule has 0 spiro atoms. The van der Waals surface area contributed by atoms with E-state index in [4.69, 9.17) is 4.74 Å². The summed E-state index contributed by atoms with van der Waals surface area (Å²) in [6, 6.07) is 3.72. The lowest BCUT2D eigenvalue weighted by atomic mass is 9.83. The first-order chi connectivity index (χ1) is 7.77. The maximum Gasteiger partial charge on any atom is 0.310 e. The third kappa shape index (κ3) is 1.92. The molecule has 1 aromatic carbocycles. The molecule has 94 valence electrons. The zero-order valence-corrected chi connectivity index (χ0v) is 10.7. The number of fused-ring (bicyclic) bond motifs is 1. The maximum atomic E-state index is 13.8. The quantitative estimate of drug-likeness (QED) is 0.720. The molecule has 1 aliphatic rings. The summed E-state index contributed by atoms with van der Waals surface area (Å²) >= 11 is 0. The van der Waals surface area contributed by atoms with Gasteiger partial charge in [-0.3, -0.25) is 0 Å². The van der Waals surface area contributed by atoms with Gasteiger partial charge >= 0.3 is 5.92 Å². The van der Waals surface area contributed by atoms with Gasteiger partial charge in [-0.1, -0.05) is 39.8 Å². The predicted octanol–water partition coefficient (Wildman–Crippen LogP) is 4.03. The smallest absolute Gasteiger partial charge is 0.310 e. The first kappa shape index (κ1) is 12.3. The van der Waals surface area contributed by atoms with Crippen LogP contribution in [-0.4, -0.2) is 6.61 Å². The van der Waals surface area contributed by atoms with Crippen LogP contribution in [0.3, 0.4) is 0 Å². The summed E-state index contributed by atoms with van der Waals surface area (Å²) in [5.41, 5.74) is 1.47. The molecule has 0 fully saturated rings. The minimum atomic E-state index is -2.85. The molecule has 0 saturated carbocycles. The van der Waals surface area contributed by atoms with E-state index in [0.29, 0.717) is 17.7 Å². The van der Waals surface area contributed by atoms with Gasteiger partial charge in [-0.15, -0.1) is 0 Å². The molecule has 0 unspecified atom stereocenters. The van der Waals surface area contributed by atoms with Gasteiger partial charge in [0, 0.05) is 5.56 Å². The molecule has 0 N–H and O–H groups in total. The highest BCUT2D eigenvalue weighted by Crippen LogP contribution is 2.48. The molecule has 1 heterocycles. The van der Waals surface area contributed by atoms with Crippen molar-refractivity contribution in [1.82, 2.24) is 0 Å². The number of rotatable bonds is 1. The Hall–Kier alpha value is -1.12. The van der Waals surface area contributed by atoms with Crippen molar-refractivity contribution < 1.29 is 13.5 Å². The molecule has 0 aliphatic carbocycles. The largest absolute Gasteiger partial charge is 0.486 e. The van der Waals surface area contributed by atoms with Crippen LogP contribution < -0.4 is 4.74 Å². The third-order valence-corrected chi connectivity index (χ3v) is 3.20. The molecule has 2 rings (SSSR count). The Morgan fingerprint density at radius 3 is 2.47 bits per heavy atom. The zero-order valence-electron chi connectivity index (χ0n) is 10.7. The van der Waals surface area contributed by atoms with Gasteiger partial charge in [0.25, 0.3) is 0 Å². The number of benzene rings is 1. The van der Waals surface area contributed by atoms with E-state index in [9.17, 15) is 8.78 Å². The van der Waals surface area contributed by atoms with E-state index in [-0.39, 0.29) is 11.0 Å². The van der Waals surface area contributed by atoms with Crippen molar-refractivity contribution in [1.29, 1.82) is 0 Å². The van der Waals surface area contributed by atoms with E-state index < -0.39 is 12.5 Å². The number of alkyl halides is 2. The van der Waals surface area contributed by atoms with E-state index in [0.717, 1.165) is 5.56 Å². The van der Waals surface area contributed by atoms with Crippen molar-refractivity contribution in [3.8, 4) is 5.75 Å². The van der Waals surface area contributed by atoms with Gasteiger partial charge in [0.2, 0.25) is 0 Å². The van der Waals surface area contributed by atoms with Crippen LogP contribution in [0.2, 0.25) is 0 Å². The van der Waals surface area contributed by atoms with Crippen LogP contribution in [-0.2, 0) is 17.8 Å². The predicted molar refractivity (Wildman–Crippen MR) is 63.9 cm³/mol. The number of ether oxygens (including phenoxy) is 1. The Morgan fingerprint density at radius 2 is 1.94 bits per heavy atom. The highest BCUT2D eigenvalue weighted by atomic mass is 19.3. The summed E-state index contributed by atoms with van der Waals surface area (Å²) in [6.07, 6.45) is 0.603. The molecule has 1 aromatic rings. The van der Waals surface area contributed by atoms with E-state index in [1.807, 2.05) is 39.8 Å². The number of hydrogen-bond donors (Lipinski definition) is 0. The second-order valence-corrected chi connectivity index (χ2v) is 5.57. The molecule has 1 aliphatic heterocycles. The van der Waals surface area contributed by atoms with Crippen molar-refractivity contribution in [2.45, 2.75) is 45.5 Å². The lowest BCUT2D eigenvalue weighted by molar-refractivity contribution is -0.0220.